The normalized spacial score (nSPS) is 11.7. The van der Waals surface area contributed by atoms with Gasteiger partial charge >= 0.3 is 0 Å². The van der Waals surface area contributed by atoms with Gasteiger partial charge in [0.15, 0.2) is 0 Å². The molecule has 6 heteroatoms. The first-order valence-electron chi connectivity index (χ1n) is 10.8. The van der Waals surface area contributed by atoms with E-state index in [2.05, 4.69) is 15.6 Å². The van der Waals surface area contributed by atoms with Crippen LogP contribution in [0, 0.1) is 6.92 Å². The molecule has 0 aliphatic rings. The summed E-state index contributed by atoms with van der Waals surface area (Å²) in [6.07, 6.45) is 1.99. The Kier molecular flexibility index (Phi) is 6.64. The summed E-state index contributed by atoms with van der Waals surface area (Å²) in [7, 11) is 0. The highest BCUT2D eigenvalue weighted by Crippen LogP contribution is 2.20. The molecule has 2 amide bonds. The van der Waals surface area contributed by atoms with E-state index < -0.39 is 6.04 Å². The number of nitrogens with zero attached hydrogens (tertiary/aromatic N) is 1. The lowest BCUT2D eigenvalue weighted by molar-refractivity contribution is -0.123. The molecule has 0 saturated carbocycles. The molecule has 1 atom stereocenters. The van der Waals surface area contributed by atoms with Crippen molar-refractivity contribution in [2.45, 2.75) is 25.9 Å². The van der Waals surface area contributed by atoms with Gasteiger partial charge in [-0.2, -0.15) is 0 Å². The van der Waals surface area contributed by atoms with Crippen LogP contribution in [0.3, 0.4) is 0 Å². The lowest BCUT2D eigenvalue weighted by atomic mass is 9.98. The van der Waals surface area contributed by atoms with Crippen LogP contribution in [0.4, 0.5) is 5.82 Å². The Morgan fingerprint density at radius 1 is 0.939 bits per heavy atom. The average molecular weight is 439 g/mol. The van der Waals surface area contributed by atoms with Crippen LogP contribution < -0.4 is 16.4 Å². The third kappa shape index (κ3) is 5.36. The van der Waals surface area contributed by atoms with Crippen molar-refractivity contribution in [2.24, 2.45) is 0 Å². The molecule has 1 aromatic heterocycles. The zero-order valence-electron chi connectivity index (χ0n) is 18.4. The molecule has 0 bridgehead atoms. The van der Waals surface area contributed by atoms with Gasteiger partial charge in [0.05, 0.1) is 0 Å². The fourth-order valence-corrected chi connectivity index (χ4v) is 3.82. The smallest absolute Gasteiger partial charge is 0.252 e. The van der Waals surface area contributed by atoms with Gasteiger partial charge in [-0.3, -0.25) is 9.59 Å². The number of pyridine rings is 1. The minimum Gasteiger partial charge on any atom is -0.384 e. The number of benzene rings is 3. The number of aromatic nitrogens is 1. The summed E-state index contributed by atoms with van der Waals surface area (Å²) in [5, 5.41) is 8.02. The van der Waals surface area contributed by atoms with Crippen molar-refractivity contribution in [1.82, 2.24) is 15.6 Å². The Balaban J connectivity index is 1.58. The Morgan fingerprint density at radius 2 is 1.70 bits per heavy atom. The van der Waals surface area contributed by atoms with E-state index in [1.165, 1.54) is 0 Å². The lowest BCUT2D eigenvalue weighted by Gasteiger charge is -2.20. The number of anilines is 1. The Bertz CT molecular complexity index is 1280. The number of rotatable bonds is 7. The van der Waals surface area contributed by atoms with Crippen LogP contribution in [0.15, 0.2) is 85.1 Å². The summed E-state index contributed by atoms with van der Waals surface area (Å²) in [5.41, 5.74) is 8.86. The quantitative estimate of drug-likeness (QED) is 0.409. The van der Waals surface area contributed by atoms with Gasteiger partial charge in [0.2, 0.25) is 5.91 Å². The molecule has 4 N–H and O–H groups in total. The van der Waals surface area contributed by atoms with E-state index in [0.717, 1.165) is 27.5 Å². The van der Waals surface area contributed by atoms with E-state index >= 15 is 0 Å². The van der Waals surface area contributed by atoms with Crippen LogP contribution in [0.1, 0.15) is 27.0 Å². The highest BCUT2D eigenvalue weighted by Gasteiger charge is 2.23. The minimum absolute atomic E-state index is 0.262. The molecule has 1 heterocycles. The summed E-state index contributed by atoms with van der Waals surface area (Å²) in [4.78, 5) is 30.3. The third-order valence-corrected chi connectivity index (χ3v) is 5.63. The molecule has 0 aliphatic heterocycles. The number of nitrogen functional groups attached to an aromatic ring is 1. The molecule has 0 saturated heterocycles. The van der Waals surface area contributed by atoms with Gasteiger partial charge in [0.25, 0.3) is 5.91 Å². The number of nitrogens with one attached hydrogen (secondary N) is 2. The van der Waals surface area contributed by atoms with Crippen molar-refractivity contribution in [1.29, 1.82) is 0 Å². The molecule has 0 unspecified atom stereocenters. The summed E-state index contributed by atoms with van der Waals surface area (Å²) >= 11 is 0. The minimum atomic E-state index is -0.746. The maximum absolute atomic E-state index is 13.2. The number of carbonyl (C=O) groups is 2. The Labute approximate surface area is 192 Å². The van der Waals surface area contributed by atoms with Crippen LogP contribution in [0.5, 0.6) is 0 Å². The van der Waals surface area contributed by atoms with Crippen LogP contribution in [0.2, 0.25) is 0 Å². The molecule has 0 aliphatic carbocycles. The maximum Gasteiger partial charge on any atom is 0.252 e. The van der Waals surface area contributed by atoms with E-state index in [1.807, 2.05) is 73.7 Å². The first kappa shape index (κ1) is 22.0. The number of aryl methyl sites for hydroxylation is 1. The van der Waals surface area contributed by atoms with Gasteiger partial charge in [0, 0.05) is 24.7 Å². The monoisotopic (exact) mass is 438 g/mol. The lowest BCUT2D eigenvalue weighted by Crippen LogP contribution is -2.48. The number of hydrogen-bond acceptors (Lipinski definition) is 4. The fourth-order valence-electron chi connectivity index (χ4n) is 3.82. The number of hydrogen-bond donors (Lipinski definition) is 3. The number of fused-ring (bicyclic) bond motifs is 1. The first-order valence-corrected chi connectivity index (χ1v) is 10.8. The molecule has 4 aromatic rings. The second-order valence-electron chi connectivity index (χ2n) is 7.99. The Hall–Kier alpha value is -4.19. The predicted octanol–water partition coefficient (Wildman–Crippen LogP) is 3.78. The summed E-state index contributed by atoms with van der Waals surface area (Å²) in [6, 6.07) is 24.1. The number of nitrogens with two attached hydrogens (primary N) is 1. The van der Waals surface area contributed by atoms with Crippen LogP contribution in [0.25, 0.3) is 10.8 Å². The van der Waals surface area contributed by atoms with E-state index in [1.54, 1.807) is 18.3 Å². The van der Waals surface area contributed by atoms with Crippen molar-refractivity contribution in [3.05, 3.63) is 107 Å². The molecule has 166 valence electrons. The van der Waals surface area contributed by atoms with Gasteiger partial charge in [-0.15, -0.1) is 0 Å². The highest BCUT2D eigenvalue weighted by molar-refractivity contribution is 5.99. The van der Waals surface area contributed by atoms with E-state index in [9.17, 15) is 9.59 Å². The maximum atomic E-state index is 13.2. The second-order valence-corrected chi connectivity index (χ2v) is 7.99. The number of carbonyl (C=O) groups excluding carboxylic acids is 2. The van der Waals surface area contributed by atoms with E-state index in [0.29, 0.717) is 24.3 Å². The molecule has 6 nitrogen and oxygen atoms in total. The van der Waals surface area contributed by atoms with Crippen LogP contribution >= 0.6 is 0 Å². The standard InChI is InChI=1S/C27H26N4O2/c1-18-7-2-4-11-22(18)26(32)31-24(27(33)30-17-19-13-14-25(28)29-16-19)15-21-10-6-9-20-8-3-5-12-23(20)21/h2-14,16,24H,15,17H2,1H3,(H2,28,29)(H,30,33)(H,31,32)/t24-/m0/s1. The third-order valence-electron chi connectivity index (χ3n) is 5.63. The second kappa shape index (κ2) is 9.96. The predicted molar refractivity (Wildman–Crippen MR) is 131 cm³/mol. The molecule has 0 spiro atoms. The largest absolute Gasteiger partial charge is 0.384 e. The highest BCUT2D eigenvalue weighted by atomic mass is 16.2. The van der Waals surface area contributed by atoms with Crippen LogP contribution in [-0.4, -0.2) is 22.8 Å². The SMILES string of the molecule is Cc1ccccc1C(=O)N[C@@H](Cc1cccc2ccccc12)C(=O)NCc1ccc(N)nc1. The zero-order valence-corrected chi connectivity index (χ0v) is 18.4. The van der Waals surface area contributed by atoms with Crippen molar-refractivity contribution in [3.8, 4) is 0 Å². The fraction of sp³-hybridized carbons (Fsp3) is 0.148. The van der Waals surface area contributed by atoms with Gasteiger partial charge in [-0.1, -0.05) is 66.7 Å². The average Bonchev–Trinajstić information content (AvgIpc) is 2.83. The van der Waals surface area contributed by atoms with Gasteiger partial charge in [0.1, 0.15) is 11.9 Å². The van der Waals surface area contributed by atoms with Crippen molar-refractivity contribution in [3.63, 3.8) is 0 Å². The van der Waals surface area contributed by atoms with E-state index in [4.69, 9.17) is 5.73 Å². The molecule has 0 fully saturated rings. The molecule has 33 heavy (non-hydrogen) atoms. The van der Waals surface area contributed by atoms with Crippen molar-refractivity contribution < 1.29 is 9.59 Å². The number of amides is 2. The summed E-state index contributed by atoms with van der Waals surface area (Å²) in [5.74, 6) is -0.117. The molecule has 0 radical (unpaired) electrons. The van der Waals surface area contributed by atoms with Crippen molar-refractivity contribution >= 4 is 28.4 Å². The van der Waals surface area contributed by atoms with Crippen molar-refractivity contribution in [2.75, 3.05) is 5.73 Å². The Morgan fingerprint density at radius 3 is 2.48 bits per heavy atom. The first-order chi connectivity index (χ1) is 16.0. The summed E-state index contributed by atoms with van der Waals surface area (Å²) in [6.45, 7) is 2.17. The summed E-state index contributed by atoms with van der Waals surface area (Å²) < 4.78 is 0. The van der Waals surface area contributed by atoms with E-state index in [-0.39, 0.29) is 11.8 Å². The topological polar surface area (TPSA) is 97.1 Å². The van der Waals surface area contributed by atoms with Gasteiger partial charge in [-0.25, -0.2) is 4.98 Å². The van der Waals surface area contributed by atoms with Gasteiger partial charge < -0.3 is 16.4 Å². The molecular formula is C27H26N4O2. The molecule has 4 rings (SSSR count). The zero-order chi connectivity index (χ0) is 23.2. The van der Waals surface area contributed by atoms with Gasteiger partial charge in [-0.05, 0) is 46.5 Å². The molecule has 3 aromatic carbocycles. The molecular weight excluding hydrogens is 412 g/mol. The van der Waals surface area contributed by atoms with Crippen LogP contribution in [-0.2, 0) is 17.8 Å².